The van der Waals surface area contributed by atoms with Crippen LogP contribution in [0.25, 0.3) is 0 Å². The van der Waals surface area contributed by atoms with Gasteiger partial charge in [0.05, 0.1) is 15.6 Å². The second-order valence-electron chi connectivity index (χ2n) is 9.92. The van der Waals surface area contributed by atoms with Gasteiger partial charge in [0, 0.05) is 0 Å². The Morgan fingerprint density at radius 3 is 2.62 bits per heavy atom. The van der Waals surface area contributed by atoms with Crippen LogP contribution in [-0.4, -0.2) is 19.6 Å². The molecular formula is C29H39O3PS. The third kappa shape index (κ3) is 5.90. The summed E-state index contributed by atoms with van der Waals surface area (Å²) in [5.74, 6) is 0.361. The predicted molar refractivity (Wildman–Crippen MR) is 146 cm³/mol. The summed E-state index contributed by atoms with van der Waals surface area (Å²) < 4.78 is 25.8. The van der Waals surface area contributed by atoms with E-state index in [1.807, 2.05) is 6.07 Å². The van der Waals surface area contributed by atoms with Crippen molar-refractivity contribution >= 4 is 19.1 Å². The number of allylic oxidation sites excluding steroid dienone is 5. The van der Waals surface area contributed by atoms with Crippen molar-refractivity contribution in [1.82, 2.24) is 0 Å². The SMILES string of the molecule is C=C1/C(=C\C=C2/CCCC(C)(C(=C)CC/C=C(\P)S(=O)(=O)c3ccccc3)C2C)CCC[C@@H]1O. The lowest BCUT2D eigenvalue weighted by molar-refractivity contribution is 0.191. The van der Waals surface area contributed by atoms with Crippen LogP contribution >= 0.6 is 9.24 Å². The molecule has 0 aromatic heterocycles. The molecule has 3 unspecified atom stereocenters. The minimum Gasteiger partial charge on any atom is -0.388 e. The Bertz CT molecular complexity index is 1110. The highest BCUT2D eigenvalue weighted by Crippen LogP contribution is 2.49. The van der Waals surface area contributed by atoms with E-state index < -0.39 is 15.9 Å². The lowest BCUT2D eigenvalue weighted by Gasteiger charge is -2.43. The number of sulfone groups is 1. The topological polar surface area (TPSA) is 54.4 Å². The standard InChI is InChI=1S/C29H39O3PS/c1-21(11-8-17-28(33)34(31,32)26-14-6-5-7-15-26)29(4)20-10-13-25(23(29)3)19-18-24-12-9-16-27(30)22(24)2/h5-7,14-15,17-19,23,27,30H,1-2,8-13,16,20,33H2,3-4H3/b24-18-,25-19+,28-17+/t23?,27-,29?/m0/s1. The fourth-order valence-electron chi connectivity index (χ4n) is 5.16. The first kappa shape index (κ1) is 26.9. The molecule has 184 valence electrons. The van der Waals surface area contributed by atoms with Gasteiger partial charge in [0.2, 0.25) is 9.84 Å². The molecule has 2 fully saturated rings. The van der Waals surface area contributed by atoms with Gasteiger partial charge >= 0.3 is 0 Å². The second kappa shape index (κ2) is 11.3. The van der Waals surface area contributed by atoms with Crippen molar-refractivity contribution in [3.63, 3.8) is 0 Å². The Morgan fingerprint density at radius 1 is 1.21 bits per heavy atom. The number of benzene rings is 1. The van der Waals surface area contributed by atoms with E-state index in [0.29, 0.717) is 21.9 Å². The molecule has 3 rings (SSSR count). The smallest absolute Gasteiger partial charge is 0.206 e. The van der Waals surface area contributed by atoms with Gasteiger partial charge in [-0.3, -0.25) is 0 Å². The maximum Gasteiger partial charge on any atom is 0.206 e. The van der Waals surface area contributed by atoms with Crippen LogP contribution in [0.15, 0.2) is 93.6 Å². The van der Waals surface area contributed by atoms with E-state index in [1.165, 1.54) is 16.7 Å². The van der Waals surface area contributed by atoms with Crippen LogP contribution in [0.3, 0.4) is 0 Å². The zero-order chi connectivity index (χ0) is 24.9. The minimum absolute atomic E-state index is 0.0150. The van der Waals surface area contributed by atoms with Crippen LogP contribution in [0.1, 0.15) is 65.2 Å². The third-order valence-corrected chi connectivity index (χ3v) is 10.7. The number of aliphatic hydroxyl groups excluding tert-OH is 1. The van der Waals surface area contributed by atoms with Gasteiger partial charge in [0.1, 0.15) is 0 Å². The summed E-state index contributed by atoms with van der Waals surface area (Å²) in [6.45, 7) is 13.1. The van der Waals surface area contributed by atoms with Gasteiger partial charge < -0.3 is 5.11 Å². The van der Waals surface area contributed by atoms with Crippen molar-refractivity contribution in [2.45, 2.75) is 76.2 Å². The van der Waals surface area contributed by atoms with E-state index in [2.05, 4.69) is 48.4 Å². The first-order valence-corrected chi connectivity index (χ1v) is 14.3. The predicted octanol–water partition coefficient (Wildman–Crippen LogP) is 7.29. The Balaban J connectivity index is 1.68. The summed E-state index contributed by atoms with van der Waals surface area (Å²) in [6.07, 6.45) is 13.3. The number of aliphatic hydroxyl groups is 1. The van der Waals surface area contributed by atoms with Gasteiger partial charge in [0.25, 0.3) is 0 Å². The largest absolute Gasteiger partial charge is 0.388 e. The molecule has 0 heterocycles. The summed E-state index contributed by atoms with van der Waals surface area (Å²) in [7, 11) is -1.07. The average Bonchev–Trinajstić information content (AvgIpc) is 2.82. The van der Waals surface area contributed by atoms with Crippen molar-refractivity contribution in [1.29, 1.82) is 0 Å². The summed E-state index contributed by atoms with van der Waals surface area (Å²) in [4.78, 5) is 0.319. The molecule has 0 saturated heterocycles. The first-order chi connectivity index (χ1) is 16.1. The van der Waals surface area contributed by atoms with Crippen LogP contribution in [0.4, 0.5) is 0 Å². The monoisotopic (exact) mass is 498 g/mol. The van der Waals surface area contributed by atoms with Crippen molar-refractivity contribution in [2.24, 2.45) is 11.3 Å². The van der Waals surface area contributed by atoms with Crippen molar-refractivity contribution in [3.8, 4) is 0 Å². The van der Waals surface area contributed by atoms with Gasteiger partial charge in [-0.05, 0) is 86.0 Å². The van der Waals surface area contributed by atoms with Crippen molar-refractivity contribution < 1.29 is 13.5 Å². The Kier molecular flexibility index (Phi) is 8.95. The number of rotatable bonds is 7. The van der Waals surface area contributed by atoms with Crippen LogP contribution in [0, 0.1) is 11.3 Å². The summed E-state index contributed by atoms with van der Waals surface area (Å²) >= 11 is 0. The van der Waals surface area contributed by atoms with Crippen LogP contribution in [-0.2, 0) is 9.84 Å². The normalized spacial score (nSPS) is 28.9. The molecule has 1 aromatic rings. The van der Waals surface area contributed by atoms with Crippen LogP contribution < -0.4 is 0 Å². The molecule has 0 bridgehead atoms. The van der Waals surface area contributed by atoms with E-state index in [9.17, 15) is 13.5 Å². The molecule has 34 heavy (non-hydrogen) atoms. The zero-order valence-corrected chi connectivity index (χ0v) is 22.6. The molecule has 5 heteroatoms. The van der Waals surface area contributed by atoms with E-state index in [0.717, 1.165) is 50.5 Å². The van der Waals surface area contributed by atoms with Gasteiger partial charge in [-0.25, -0.2) is 8.42 Å². The molecule has 0 aliphatic heterocycles. The van der Waals surface area contributed by atoms with E-state index >= 15 is 0 Å². The van der Waals surface area contributed by atoms with Crippen LogP contribution in [0.5, 0.6) is 0 Å². The van der Waals surface area contributed by atoms with Gasteiger partial charge in [-0.1, -0.05) is 83.8 Å². The fraction of sp³-hybridized carbons (Fsp3) is 0.448. The van der Waals surface area contributed by atoms with Crippen molar-refractivity contribution in [3.05, 3.63) is 88.7 Å². The maximum absolute atomic E-state index is 12.8. The Labute approximate surface area is 208 Å². The van der Waals surface area contributed by atoms with Crippen LogP contribution in [0.2, 0.25) is 0 Å². The molecule has 3 nitrogen and oxygen atoms in total. The first-order valence-electron chi connectivity index (χ1n) is 12.3. The molecule has 0 amide bonds. The maximum atomic E-state index is 12.8. The quantitative estimate of drug-likeness (QED) is 0.317. The number of hydrogen-bond donors (Lipinski definition) is 1. The summed E-state index contributed by atoms with van der Waals surface area (Å²) in [5, 5.41) is 10.1. The highest BCUT2D eigenvalue weighted by molar-refractivity contribution is 8.00. The lowest BCUT2D eigenvalue weighted by Crippen LogP contribution is -2.32. The van der Waals surface area contributed by atoms with Gasteiger partial charge in [-0.15, -0.1) is 0 Å². The van der Waals surface area contributed by atoms with Gasteiger partial charge in [-0.2, -0.15) is 0 Å². The minimum atomic E-state index is -3.47. The molecule has 1 aromatic carbocycles. The average molecular weight is 499 g/mol. The summed E-state index contributed by atoms with van der Waals surface area (Å²) in [5.41, 5.74) is 4.62. The molecule has 4 atom stereocenters. The van der Waals surface area contributed by atoms with E-state index in [-0.39, 0.29) is 5.41 Å². The Hall–Kier alpha value is -1.74. The summed E-state index contributed by atoms with van der Waals surface area (Å²) in [6, 6.07) is 8.55. The second-order valence-corrected chi connectivity index (χ2v) is 12.9. The molecule has 2 aliphatic carbocycles. The highest BCUT2D eigenvalue weighted by Gasteiger charge is 2.38. The molecule has 1 N–H and O–H groups in total. The van der Waals surface area contributed by atoms with E-state index in [1.54, 1.807) is 30.3 Å². The highest BCUT2D eigenvalue weighted by atomic mass is 32.2. The molecular weight excluding hydrogens is 459 g/mol. The zero-order valence-electron chi connectivity index (χ0n) is 20.6. The molecule has 0 spiro atoms. The molecule has 2 saturated carbocycles. The number of hydrogen-bond acceptors (Lipinski definition) is 3. The van der Waals surface area contributed by atoms with Crippen molar-refractivity contribution in [2.75, 3.05) is 0 Å². The van der Waals surface area contributed by atoms with E-state index in [4.69, 9.17) is 0 Å². The van der Waals surface area contributed by atoms with Gasteiger partial charge in [0.15, 0.2) is 0 Å². The fourth-order valence-corrected chi connectivity index (χ4v) is 6.86. The Morgan fingerprint density at radius 2 is 1.91 bits per heavy atom. The molecule has 0 radical (unpaired) electrons. The lowest BCUT2D eigenvalue weighted by atomic mass is 9.61. The third-order valence-electron chi connectivity index (χ3n) is 7.87. The molecule has 2 aliphatic rings.